The predicted molar refractivity (Wildman–Crippen MR) is 144 cm³/mol. The molecule has 0 atom stereocenters. The van der Waals surface area contributed by atoms with Gasteiger partial charge < -0.3 is 17.0 Å². The molecular formula is C29H43BrSSe. The summed E-state index contributed by atoms with van der Waals surface area (Å²) in [6, 6.07) is 4.73. The minimum Gasteiger partial charge on any atom is -1.00 e. The van der Waals surface area contributed by atoms with Crippen molar-refractivity contribution in [3.05, 3.63) is 66.3 Å². The van der Waals surface area contributed by atoms with Crippen molar-refractivity contribution in [3.8, 4) is 0 Å². The Morgan fingerprint density at radius 2 is 1.06 bits per heavy atom. The maximum absolute atomic E-state index is 2.42. The van der Waals surface area contributed by atoms with Crippen LogP contribution in [-0.2, 0) is 10.8 Å². The quantitative estimate of drug-likeness (QED) is 0.290. The number of allylic oxidation sites excluding steroid dienone is 7. The van der Waals surface area contributed by atoms with Gasteiger partial charge in [-0.3, -0.25) is 0 Å². The SMILES string of the molecule is CC(C)(C)C1=CC(=CC=Cc2cc(C(C)(C)C)[s+]c(C(C)(C)C)c2)C=C(C(C)(C)C)[Se]1.[Br-]. The third kappa shape index (κ3) is 8.39. The van der Waals surface area contributed by atoms with E-state index in [0.717, 1.165) is 0 Å². The van der Waals surface area contributed by atoms with E-state index in [-0.39, 0.29) is 38.6 Å². The van der Waals surface area contributed by atoms with Gasteiger partial charge in [0.15, 0.2) is 0 Å². The molecule has 2 heterocycles. The van der Waals surface area contributed by atoms with E-state index >= 15 is 0 Å². The molecule has 0 amide bonds. The van der Waals surface area contributed by atoms with Crippen LogP contribution in [0.2, 0.25) is 0 Å². The fourth-order valence-electron chi connectivity index (χ4n) is 2.98. The van der Waals surface area contributed by atoms with Crippen molar-refractivity contribution < 1.29 is 17.0 Å². The Balaban J connectivity index is 0.00000512. The minimum atomic E-state index is 0. The zero-order chi connectivity index (χ0) is 23.8. The third-order valence-electron chi connectivity index (χ3n) is 5.17. The average Bonchev–Trinajstić information content (AvgIpc) is 2.58. The van der Waals surface area contributed by atoms with Crippen LogP contribution in [0.5, 0.6) is 0 Å². The van der Waals surface area contributed by atoms with Crippen molar-refractivity contribution in [2.45, 2.75) is 93.9 Å². The van der Waals surface area contributed by atoms with Crippen LogP contribution < -0.4 is 17.0 Å². The van der Waals surface area contributed by atoms with Gasteiger partial charge in [0.1, 0.15) is 0 Å². The Morgan fingerprint density at radius 1 is 0.656 bits per heavy atom. The van der Waals surface area contributed by atoms with Crippen LogP contribution in [-0.4, -0.2) is 15.0 Å². The summed E-state index contributed by atoms with van der Waals surface area (Å²) in [6.07, 6.45) is 11.7. The van der Waals surface area contributed by atoms with Gasteiger partial charge in [-0.25, -0.2) is 0 Å². The van der Waals surface area contributed by atoms with E-state index < -0.39 is 0 Å². The first kappa shape index (κ1) is 29.6. The second-order valence-corrected chi connectivity index (χ2v) is 16.1. The molecule has 3 heteroatoms. The third-order valence-corrected chi connectivity index (χ3v) is 11.1. The van der Waals surface area contributed by atoms with E-state index in [4.69, 9.17) is 0 Å². The first-order valence-corrected chi connectivity index (χ1v) is 13.9. The van der Waals surface area contributed by atoms with Crippen LogP contribution in [0.3, 0.4) is 0 Å². The van der Waals surface area contributed by atoms with Gasteiger partial charge in [0.25, 0.3) is 0 Å². The molecule has 0 spiro atoms. The molecular weight excluding hydrogens is 539 g/mol. The molecule has 0 aromatic carbocycles. The molecule has 0 saturated carbocycles. The molecule has 0 radical (unpaired) electrons. The fourth-order valence-corrected chi connectivity index (χ4v) is 6.82. The molecule has 0 N–H and O–H groups in total. The molecule has 0 fully saturated rings. The fraction of sp³-hybridized carbons (Fsp3) is 0.552. The van der Waals surface area contributed by atoms with Crippen molar-refractivity contribution in [2.75, 3.05) is 0 Å². The van der Waals surface area contributed by atoms with E-state index in [1.165, 1.54) is 20.9 Å². The summed E-state index contributed by atoms with van der Waals surface area (Å²) in [7, 11) is 0. The minimum absolute atomic E-state index is 0. The second kappa shape index (κ2) is 10.4. The zero-order valence-corrected chi connectivity index (χ0v) is 26.4. The topological polar surface area (TPSA) is 0 Å². The van der Waals surface area contributed by atoms with Gasteiger partial charge in [-0.15, -0.1) is 0 Å². The summed E-state index contributed by atoms with van der Waals surface area (Å²) < 4.78 is 3.16. The van der Waals surface area contributed by atoms with E-state index in [0.29, 0.717) is 15.0 Å². The zero-order valence-electron chi connectivity index (χ0n) is 22.2. The standard InChI is InChI=1S/C29H43SSe.BrH/c1-26(2,3)22-16-20(17-23(30-22)27(4,5)6)14-13-15-21-18-24(28(7,8)9)31-25(19-21)29(10,11)12;/h13-19H,1-12H3;1H/q+1;/p-1. The molecule has 178 valence electrons. The van der Waals surface area contributed by atoms with Gasteiger partial charge in [0, 0.05) is 0 Å². The van der Waals surface area contributed by atoms with Gasteiger partial charge >= 0.3 is 203 Å². The maximum atomic E-state index is 2.42. The first-order chi connectivity index (χ1) is 13.9. The van der Waals surface area contributed by atoms with Gasteiger partial charge in [0.2, 0.25) is 0 Å². The maximum Gasteiger partial charge on any atom is -1.00 e. The number of hydrogen-bond acceptors (Lipinski definition) is 0. The first-order valence-electron chi connectivity index (χ1n) is 11.4. The molecule has 1 aliphatic heterocycles. The second-order valence-electron chi connectivity index (χ2n) is 12.8. The Kier molecular flexibility index (Phi) is 9.63. The van der Waals surface area contributed by atoms with Crippen molar-refractivity contribution in [1.82, 2.24) is 0 Å². The van der Waals surface area contributed by atoms with Crippen molar-refractivity contribution in [1.29, 1.82) is 0 Å². The predicted octanol–water partition coefficient (Wildman–Crippen LogP) is 6.15. The summed E-state index contributed by atoms with van der Waals surface area (Å²) in [5.74, 6) is 0. The van der Waals surface area contributed by atoms with E-state index in [1.54, 1.807) is 8.94 Å². The Hall–Kier alpha value is -0.471. The normalized spacial score (nSPS) is 15.9. The van der Waals surface area contributed by atoms with Crippen LogP contribution in [0.1, 0.15) is 98.4 Å². The smallest absolute Gasteiger partial charge is 1.00 e. The van der Waals surface area contributed by atoms with Crippen molar-refractivity contribution in [2.24, 2.45) is 10.8 Å². The summed E-state index contributed by atoms with van der Waals surface area (Å²) in [5.41, 5.74) is 3.38. The summed E-state index contributed by atoms with van der Waals surface area (Å²) in [4.78, 5) is 2.88. The van der Waals surface area contributed by atoms with Crippen LogP contribution in [0, 0.1) is 10.8 Å². The molecule has 0 nitrogen and oxygen atoms in total. The van der Waals surface area contributed by atoms with Crippen LogP contribution in [0.15, 0.2) is 51.0 Å². The van der Waals surface area contributed by atoms with E-state index in [1.807, 2.05) is 11.3 Å². The number of rotatable bonds is 2. The van der Waals surface area contributed by atoms with Gasteiger partial charge in [-0.2, -0.15) is 0 Å². The molecule has 0 unspecified atom stereocenters. The van der Waals surface area contributed by atoms with Crippen LogP contribution in [0.4, 0.5) is 0 Å². The molecule has 2 rings (SSSR count). The Morgan fingerprint density at radius 3 is 1.41 bits per heavy atom. The molecule has 0 saturated heterocycles. The summed E-state index contributed by atoms with van der Waals surface area (Å²) in [6.45, 7) is 27.9. The molecule has 1 aromatic heterocycles. The van der Waals surface area contributed by atoms with Crippen molar-refractivity contribution >= 4 is 32.4 Å². The summed E-state index contributed by atoms with van der Waals surface area (Å²) >= 11 is 2.38. The molecule has 0 bridgehead atoms. The van der Waals surface area contributed by atoms with E-state index in [2.05, 4.69) is 126 Å². The number of hydrogen-bond donors (Lipinski definition) is 0. The Bertz CT molecular complexity index is 869. The Labute approximate surface area is 219 Å². The summed E-state index contributed by atoms with van der Waals surface area (Å²) in [5, 5.41) is 0. The van der Waals surface area contributed by atoms with Crippen molar-refractivity contribution in [3.63, 3.8) is 0 Å². The van der Waals surface area contributed by atoms with Gasteiger partial charge in [-0.05, 0) is 0 Å². The van der Waals surface area contributed by atoms with Gasteiger partial charge in [0.05, 0.1) is 0 Å². The van der Waals surface area contributed by atoms with Gasteiger partial charge in [-0.1, -0.05) is 0 Å². The van der Waals surface area contributed by atoms with E-state index in [9.17, 15) is 0 Å². The molecule has 0 aliphatic carbocycles. The monoisotopic (exact) mass is 582 g/mol. The average molecular weight is 583 g/mol. The van der Waals surface area contributed by atoms with Crippen LogP contribution >= 0.6 is 11.3 Å². The largest absolute Gasteiger partial charge is 1.00 e. The number of halogens is 1. The molecule has 1 aliphatic rings. The molecule has 1 aromatic rings. The van der Waals surface area contributed by atoms with Crippen LogP contribution in [0.25, 0.3) is 6.08 Å². The molecule has 32 heavy (non-hydrogen) atoms.